The van der Waals surface area contributed by atoms with Crippen LogP contribution in [0, 0.1) is 0 Å². The van der Waals surface area contributed by atoms with Crippen LogP contribution in [0.3, 0.4) is 0 Å². The Bertz CT molecular complexity index is 779. The lowest BCUT2D eigenvalue weighted by Gasteiger charge is -2.29. The van der Waals surface area contributed by atoms with Gasteiger partial charge in [-0.15, -0.1) is 0 Å². The zero-order valence-electron chi connectivity index (χ0n) is 10.8. The molecule has 1 atom stereocenters. The first-order chi connectivity index (χ1) is 9.49. The summed E-state index contributed by atoms with van der Waals surface area (Å²) in [6, 6.07) is 7.47. The second-order valence-corrected chi connectivity index (χ2v) is 5.83. The minimum atomic E-state index is -1.18. The van der Waals surface area contributed by atoms with Crippen molar-refractivity contribution >= 4 is 21.9 Å². The highest BCUT2D eigenvalue weighted by atomic mass is 79.9. The van der Waals surface area contributed by atoms with Crippen molar-refractivity contribution in [2.75, 3.05) is 0 Å². The van der Waals surface area contributed by atoms with E-state index in [1.165, 1.54) is 12.3 Å². The molecular formula is C15H12BrNO3. The largest absolute Gasteiger partial charge is 0.477 e. The maximum atomic E-state index is 12.0. The predicted molar refractivity (Wildman–Crippen MR) is 79.2 cm³/mol. The quantitative estimate of drug-likeness (QED) is 0.872. The first kappa shape index (κ1) is 13.1. The molecule has 2 heterocycles. The summed E-state index contributed by atoms with van der Waals surface area (Å²) in [5, 5.41) is 9.08. The molecule has 0 aliphatic carbocycles. The van der Waals surface area contributed by atoms with Crippen LogP contribution in [0.5, 0.6) is 0 Å². The summed E-state index contributed by atoms with van der Waals surface area (Å²) in [4.78, 5) is 23.1. The Morgan fingerprint density at radius 2 is 2.20 bits per heavy atom. The Labute approximate surface area is 123 Å². The topological polar surface area (TPSA) is 59.3 Å². The lowest BCUT2D eigenvalue weighted by Crippen LogP contribution is -2.24. The highest BCUT2D eigenvalue weighted by Crippen LogP contribution is 2.38. The fraction of sp³-hybridized carbons (Fsp3) is 0.200. The SMILES string of the molecule is C[C@@H]1Cc2cccc(Br)c2-c2cc(=O)c(C(=O)O)cn21. The average molecular weight is 334 g/mol. The van der Waals surface area contributed by atoms with Crippen LogP contribution < -0.4 is 5.43 Å². The van der Waals surface area contributed by atoms with E-state index in [1.807, 2.05) is 29.7 Å². The predicted octanol–water partition coefficient (Wildman–Crippen LogP) is 3.09. The number of fused-ring (bicyclic) bond motifs is 3. The summed E-state index contributed by atoms with van der Waals surface area (Å²) in [6.07, 6.45) is 2.26. The lowest BCUT2D eigenvalue weighted by atomic mass is 9.93. The van der Waals surface area contributed by atoms with Crippen LogP contribution in [-0.4, -0.2) is 15.6 Å². The maximum Gasteiger partial charge on any atom is 0.341 e. The molecule has 1 aliphatic rings. The second-order valence-electron chi connectivity index (χ2n) is 4.98. The molecule has 1 aromatic heterocycles. The van der Waals surface area contributed by atoms with Gasteiger partial charge in [0.15, 0.2) is 5.43 Å². The first-order valence-corrected chi connectivity index (χ1v) is 7.05. The highest BCUT2D eigenvalue weighted by Gasteiger charge is 2.24. The number of benzene rings is 1. The number of nitrogens with zero attached hydrogens (tertiary/aromatic N) is 1. The van der Waals surface area contributed by atoms with Crippen LogP contribution in [0.15, 0.2) is 39.7 Å². The summed E-state index contributed by atoms with van der Waals surface area (Å²) in [7, 11) is 0. The zero-order chi connectivity index (χ0) is 14.4. The third-order valence-electron chi connectivity index (χ3n) is 3.66. The minimum absolute atomic E-state index is 0.116. The third kappa shape index (κ3) is 1.89. The Balaban J connectivity index is 2.35. The molecule has 0 saturated heterocycles. The van der Waals surface area contributed by atoms with E-state index in [0.717, 1.165) is 27.7 Å². The van der Waals surface area contributed by atoms with E-state index >= 15 is 0 Å². The minimum Gasteiger partial charge on any atom is -0.477 e. The van der Waals surface area contributed by atoms with Crippen LogP contribution in [0.1, 0.15) is 28.9 Å². The van der Waals surface area contributed by atoms with Crippen LogP contribution in [0.4, 0.5) is 0 Å². The Kier molecular flexibility index (Phi) is 3.01. The number of aromatic carboxylic acids is 1. The van der Waals surface area contributed by atoms with Gasteiger partial charge in [-0.1, -0.05) is 28.1 Å². The van der Waals surface area contributed by atoms with Gasteiger partial charge in [0.2, 0.25) is 0 Å². The van der Waals surface area contributed by atoms with Gasteiger partial charge < -0.3 is 9.67 Å². The fourth-order valence-electron chi connectivity index (χ4n) is 2.72. The van der Waals surface area contributed by atoms with Gasteiger partial charge in [-0.3, -0.25) is 4.79 Å². The lowest BCUT2D eigenvalue weighted by molar-refractivity contribution is 0.0694. The number of halogens is 1. The van der Waals surface area contributed by atoms with Gasteiger partial charge in [-0.25, -0.2) is 4.79 Å². The number of pyridine rings is 1. The van der Waals surface area contributed by atoms with E-state index in [1.54, 1.807) is 0 Å². The van der Waals surface area contributed by atoms with Gasteiger partial charge in [0.1, 0.15) is 5.56 Å². The van der Waals surface area contributed by atoms with Gasteiger partial charge in [0.05, 0.1) is 5.69 Å². The Morgan fingerprint density at radius 3 is 2.90 bits per heavy atom. The summed E-state index contributed by atoms with van der Waals surface area (Å²) in [6.45, 7) is 2.02. The van der Waals surface area contributed by atoms with E-state index < -0.39 is 11.4 Å². The highest BCUT2D eigenvalue weighted by molar-refractivity contribution is 9.10. The summed E-state index contributed by atoms with van der Waals surface area (Å²) in [5.41, 5.74) is 2.26. The molecule has 0 unspecified atom stereocenters. The van der Waals surface area contributed by atoms with Crippen LogP contribution in [0.25, 0.3) is 11.3 Å². The van der Waals surface area contributed by atoms with Crippen molar-refractivity contribution in [1.82, 2.24) is 4.57 Å². The van der Waals surface area contributed by atoms with Gasteiger partial charge >= 0.3 is 5.97 Å². The molecule has 0 bridgehead atoms. The monoisotopic (exact) mass is 333 g/mol. The van der Waals surface area contributed by atoms with Crippen molar-refractivity contribution in [1.29, 1.82) is 0 Å². The standard InChI is InChI=1S/C15H12BrNO3/c1-8-5-9-3-2-4-11(16)14(9)12-6-13(18)10(15(19)20)7-17(8)12/h2-4,6-8H,5H2,1H3,(H,19,20)/t8-/m1/s1. The molecule has 2 aromatic rings. The smallest absolute Gasteiger partial charge is 0.341 e. The van der Waals surface area contributed by atoms with E-state index in [4.69, 9.17) is 5.11 Å². The molecule has 0 radical (unpaired) electrons. The van der Waals surface area contributed by atoms with E-state index in [0.29, 0.717) is 0 Å². The van der Waals surface area contributed by atoms with Crippen molar-refractivity contribution in [3.05, 3.63) is 56.3 Å². The number of carbonyl (C=O) groups is 1. The maximum absolute atomic E-state index is 12.0. The number of aromatic nitrogens is 1. The average Bonchev–Trinajstić information content (AvgIpc) is 2.37. The molecule has 4 nitrogen and oxygen atoms in total. The van der Waals surface area contributed by atoms with Crippen molar-refractivity contribution in [2.24, 2.45) is 0 Å². The molecule has 1 aliphatic heterocycles. The van der Waals surface area contributed by atoms with Crippen molar-refractivity contribution in [3.8, 4) is 11.3 Å². The number of carboxylic acids is 1. The Hall–Kier alpha value is -1.88. The number of hydrogen-bond donors (Lipinski definition) is 1. The molecule has 0 amide bonds. The van der Waals surface area contributed by atoms with Crippen molar-refractivity contribution in [2.45, 2.75) is 19.4 Å². The van der Waals surface area contributed by atoms with Crippen LogP contribution in [-0.2, 0) is 6.42 Å². The van der Waals surface area contributed by atoms with Crippen molar-refractivity contribution in [3.63, 3.8) is 0 Å². The van der Waals surface area contributed by atoms with E-state index in [2.05, 4.69) is 15.9 Å². The molecule has 1 N–H and O–H groups in total. The van der Waals surface area contributed by atoms with Gasteiger partial charge in [0.25, 0.3) is 0 Å². The second kappa shape index (κ2) is 4.59. The normalized spacial score (nSPS) is 16.4. The summed E-state index contributed by atoms with van der Waals surface area (Å²) in [5.74, 6) is -1.18. The van der Waals surface area contributed by atoms with Crippen LogP contribution in [0.2, 0.25) is 0 Å². The number of rotatable bonds is 1. The molecular weight excluding hydrogens is 322 g/mol. The van der Waals surface area contributed by atoms with Gasteiger partial charge in [0, 0.05) is 28.3 Å². The number of carboxylic acid groups (broad SMARTS) is 1. The van der Waals surface area contributed by atoms with Gasteiger partial charge in [-0.05, 0) is 25.0 Å². The summed E-state index contributed by atoms with van der Waals surface area (Å²) < 4.78 is 2.79. The first-order valence-electron chi connectivity index (χ1n) is 6.26. The zero-order valence-corrected chi connectivity index (χ0v) is 12.3. The number of hydrogen-bond acceptors (Lipinski definition) is 2. The van der Waals surface area contributed by atoms with Crippen LogP contribution >= 0.6 is 15.9 Å². The van der Waals surface area contributed by atoms with E-state index in [-0.39, 0.29) is 11.6 Å². The fourth-order valence-corrected chi connectivity index (χ4v) is 3.33. The Morgan fingerprint density at radius 1 is 1.45 bits per heavy atom. The molecule has 0 spiro atoms. The molecule has 1 aromatic carbocycles. The molecule has 20 heavy (non-hydrogen) atoms. The molecule has 5 heteroatoms. The molecule has 102 valence electrons. The summed E-state index contributed by atoms with van der Waals surface area (Å²) >= 11 is 3.51. The van der Waals surface area contributed by atoms with Crippen molar-refractivity contribution < 1.29 is 9.90 Å². The van der Waals surface area contributed by atoms with Gasteiger partial charge in [-0.2, -0.15) is 0 Å². The van der Waals surface area contributed by atoms with E-state index in [9.17, 15) is 9.59 Å². The molecule has 0 fully saturated rings. The molecule has 3 rings (SSSR count). The molecule has 0 saturated carbocycles. The third-order valence-corrected chi connectivity index (χ3v) is 4.32.